The lowest BCUT2D eigenvalue weighted by molar-refractivity contribution is -0.134. The average Bonchev–Trinajstić information content (AvgIpc) is 2.84. The molecular weight excluding hydrogens is 268 g/mol. The number of furan rings is 1. The molecule has 1 saturated heterocycles. The molecule has 5 nitrogen and oxygen atoms in total. The minimum Gasteiger partial charge on any atom is -0.440 e. The van der Waals surface area contributed by atoms with Crippen LogP contribution in [0.25, 0.3) is 0 Å². The molecule has 0 bridgehead atoms. The van der Waals surface area contributed by atoms with Crippen molar-refractivity contribution in [2.75, 3.05) is 27.2 Å². The lowest BCUT2D eigenvalue weighted by atomic mass is 9.95. The molecule has 1 aromatic rings. The molecule has 6 heteroatoms. The molecule has 104 valence electrons. The van der Waals surface area contributed by atoms with Gasteiger partial charge in [-0.05, 0) is 36.6 Å². The van der Waals surface area contributed by atoms with Crippen molar-refractivity contribution in [3.8, 4) is 0 Å². The number of carbonyl (C=O) groups is 2. The van der Waals surface area contributed by atoms with Gasteiger partial charge >= 0.3 is 0 Å². The van der Waals surface area contributed by atoms with Gasteiger partial charge in [0.1, 0.15) is 0 Å². The van der Waals surface area contributed by atoms with Crippen molar-refractivity contribution < 1.29 is 14.0 Å². The fraction of sp³-hybridized carbons (Fsp3) is 0.538. The van der Waals surface area contributed by atoms with E-state index in [0.29, 0.717) is 25.9 Å². The minimum atomic E-state index is -0.164. The number of amides is 2. The van der Waals surface area contributed by atoms with Gasteiger partial charge in [0.25, 0.3) is 5.91 Å². The Hall–Kier alpha value is -1.49. The Labute approximate surface area is 117 Å². The number of hydrogen-bond acceptors (Lipinski definition) is 3. The Kier molecular flexibility index (Phi) is 4.14. The molecule has 0 spiro atoms. The Balaban J connectivity index is 1.93. The molecular formula is C13H17ClN2O3. The van der Waals surface area contributed by atoms with Crippen molar-refractivity contribution in [1.29, 1.82) is 0 Å². The summed E-state index contributed by atoms with van der Waals surface area (Å²) in [5.41, 5.74) is 0. The second kappa shape index (κ2) is 5.65. The first-order valence-corrected chi connectivity index (χ1v) is 6.62. The van der Waals surface area contributed by atoms with Crippen LogP contribution >= 0.6 is 11.6 Å². The summed E-state index contributed by atoms with van der Waals surface area (Å²) in [5.74, 6) is 0.234. The number of likely N-dealkylation sites (tertiary alicyclic amines) is 1. The first-order valence-electron chi connectivity index (χ1n) is 6.25. The standard InChI is InChI=1S/C13H17ClN2O3/c1-15(2)12(17)9-5-7-16(8-6-9)13(18)10-3-4-11(14)19-10/h3-4,9H,5-8H2,1-2H3. The molecule has 1 aliphatic heterocycles. The molecule has 1 aromatic heterocycles. The SMILES string of the molecule is CN(C)C(=O)C1CCN(C(=O)c2ccc(Cl)o2)CC1. The normalized spacial score (nSPS) is 16.5. The second-order valence-corrected chi connectivity index (χ2v) is 5.28. The number of piperidine rings is 1. The lowest BCUT2D eigenvalue weighted by Crippen LogP contribution is -2.42. The summed E-state index contributed by atoms with van der Waals surface area (Å²) in [6, 6.07) is 3.12. The maximum Gasteiger partial charge on any atom is 0.289 e. The van der Waals surface area contributed by atoms with Gasteiger partial charge in [0.2, 0.25) is 5.91 Å². The van der Waals surface area contributed by atoms with Gasteiger partial charge < -0.3 is 14.2 Å². The zero-order chi connectivity index (χ0) is 14.0. The van der Waals surface area contributed by atoms with E-state index in [4.69, 9.17) is 16.0 Å². The molecule has 0 aromatic carbocycles. The predicted octanol–water partition coefficient (Wildman–Crippen LogP) is 1.87. The van der Waals surface area contributed by atoms with Crippen LogP contribution in [0.3, 0.4) is 0 Å². The van der Waals surface area contributed by atoms with Gasteiger partial charge in [-0.1, -0.05) is 0 Å². The van der Waals surface area contributed by atoms with Crippen molar-refractivity contribution in [1.82, 2.24) is 9.80 Å². The lowest BCUT2D eigenvalue weighted by Gasteiger charge is -2.31. The topological polar surface area (TPSA) is 53.8 Å². The van der Waals surface area contributed by atoms with E-state index in [0.717, 1.165) is 0 Å². The van der Waals surface area contributed by atoms with Crippen LogP contribution in [0.5, 0.6) is 0 Å². The molecule has 2 rings (SSSR count). The summed E-state index contributed by atoms with van der Waals surface area (Å²) in [6.07, 6.45) is 1.38. The Morgan fingerprint density at radius 2 is 1.95 bits per heavy atom. The first kappa shape index (κ1) is 13.9. The highest BCUT2D eigenvalue weighted by Gasteiger charge is 2.29. The van der Waals surface area contributed by atoms with Gasteiger partial charge in [0.05, 0.1) is 0 Å². The summed E-state index contributed by atoms with van der Waals surface area (Å²) in [5, 5.41) is 0.209. The number of halogens is 1. The quantitative estimate of drug-likeness (QED) is 0.833. The molecule has 2 heterocycles. The number of carbonyl (C=O) groups excluding carboxylic acids is 2. The third kappa shape index (κ3) is 3.10. The Morgan fingerprint density at radius 3 is 2.42 bits per heavy atom. The highest BCUT2D eigenvalue weighted by atomic mass is 35.5. The smallest absolute Gasteiger partial charge is 0.289 e. The predicted molar refractivity (Wildman–Crippen MR) is 71.0 cm³/mol. The number of rotatable bonds is 2. The maximum absolute atomic E-state index is 12.1. The Bertz CT molecular complexity index is 476. The fourth-order valence-corrected chi connectivity index (χ4v) is 2.43. The van der Waals surface area contributed by atoms with Crippen molar-refractivity contribution in [3.05, 3.63) is 23.1 Å². The highest BCUT2D eigenvalue weighted by Crippen LogP contribution is 2.22. The van der Waals surface area contributed by atoms with E-state index >= 15 is 0 Å². The van der Waals surface area contributed by atoms with Crippen LogP contribution in [-0.4, -0.2) is 48.8 Å². The molecule has 2 amide bonds. The fourth-order valence-electron chi connectivity index (χ4n) is 2.28. The van der Waals surface area contributed by atoms with E-state index in [9.17, 15) is 9.59 Å². The summed E-state index contributed by atoms with van der Waals surface area (Å²) in [6.45, 7) is 1.14. The van der Waals surface area contributed by atoms with Crippen molar-refractivity contribution >= 4 is 23.4 Å². The van der Waals surface area contributed by atoms with E-state index < -0.39 is 0 Å². The van der Waals surface area contributed by atoms with Crippen LogP contribution in [0.1, 0.15) is 23.4 Å². The molecule has 0 atom stereocenters. The largest absolute Gasteiger partial charge is 0.440 e. The van der Waals surface area contributed by atoms with Crippen molar-refractivity contribution in [2.45, 2.75) is 12.8 Å². The van der Waals surface area contributed by atoms with E-state index in [2.05, 4.69) is 0 Å². The summed E-state index contributed by atoms with van der Waals surface area (Å²) in [7, 11) is 3.51. The molecule has 0 N–H and O–H groups in total. The van der Waals surface area contributed by atoms with Crippen LogP contribution < -0.4 is 0 Å². The first-order chi connectivity index (χ1) is 8.99. The Morgan fingerprint density at radius 1 is 1.32 bits per heavy atom. The summed E-state index contributed by atoms with van der Waals surface area (Å²) < 4.78 is 5.11. The van der Waals surface area contributed by atoms with Crippen LogP contribution in [-0.2, 0) is 4.79 Å². The second-order valence-electron chi connectivity index (χ2n) is 4.90. The molecule has 0 saturated carbocycles. The monoisotopic (exact) mass is 284 g/mol. The zero-order valence-electron chi connectivity index (χ0n) is 11.1. The van der Waals surface area contributed by atoms with Crippen LogP contribution in [0.4, 0.5) is 0 Å². The minimum absolute atomic E-state index is 0.0132. The molecule has 1 aliphatic rings. The molecule has 0 aliphatic carbocycles. The third-order valence-electron chi connectivity index (χ3n) is 3.36. The maximum atomic E-state index is 12.1. The molecule has 1 fully saturated rings. The van der Waals surface area contributed by atoms with Gasteiger partial charge in [-0.15, -0.1) is 0 Å². The number of hydrogen-bond donors (Lipinski definition) is 0. The van der Waals surface area contributed by atoms with Gasteiger partial charge in [-0.25, -0.2) is 0 Å². The van der Waals surface area contributed by atoms with E-state index in [1.807, 2.05) is 0 Å². The van der Waals surface area contributed by atoms with Gasteiger partial charge in [0, 0.05) is 33.1 Å². The van der Waals surface area contributed by atoms with Gasteiger partial charge in [-0.2, -0.15) is 0 Å². The van der Waals surface area contributed by atoms with E-state index in [1.54, 1.807) is 36.0 Å². The van der Waals surface area contributed by atoms with Crippen LogP contribution in [0, 0.1) is 5.92 Å². The van der Waals surface area contributed by atoms with Gasteiger partial charge in [-0.3, -0.25) is 9.59 Å². The van der Waals surface area contributed by atoms with Crippen molar-refractivity contribution in [3.63, 3.8) is 0 Å². The average molecular weight is 285 g/mol. The summed E-state index contributed by atoms with van der Waals surface area (Å²) in [4.78, 5) is 27.2. The third-order valence-corrected chi connectivity index (χ3v) is 3.56. The van der Waals surface area contributed by atoms with Gasteiger partial charge in [0.15, 0.2) is 11.0 Å². The molecule has 19 heavy (non-hydrogen) atoms. The van der Waals surface area contributed by atoms with Crippen molar-refractivity contribution in [2.24, 2.45) is 5.92 Å². The van der Waals surface area contributed by atoms with E-state index in [1.165, 1.54) is 0 Å². The zero-order valence-corrected chi connectivity index (χ0v) is 11.8. The van der Waals surface area contributed by atoms with Crippen LogP contribution in [0.2, 0.25) is 5.22 Å². The van der Waals surface area contributed by atoms with Crippen LogP contribution in [0.15, 0.2) is 16.5 Å². The molecule has 0 radical (unpaired) electrons. The molecule has 0 unspecified atom stereocenters. The number of nitrogens with zero attached hydrogens (tertiary/aromatic N) is 2. The van der Waals surface area contributed by atoms with E-state index in [-0.39, 0.29) is 28.7 Å². The highest BCUT2D eigenvalue weighted by molar-refractivity contribution is 6.29. The summed E-state index contributed by atoms with van der Waals surface area (Å²) >= 11 is 5.66.